The molecule has 0 aromatic carbocycles. The SMILES string of the molecule is [B]NCCCCC(=O)O. The van der Waals surface area contributed by atoms with Crippen molar-refractivity contribution in [1.82, 2.24) is 5.23 Å². The minimum atomic E-state index is -0.743. The molecule has 0 unspecified atom stereocenters. The first-order valence-electron chi connectivity index (χ1n) is 2.92. The van der Waals surface area contributed by atoms with Gasteiger partial charge in [-0.1, -0.05) is 0 Å². The molecule has 2 radical (unpaired) electrons. The van der Waals surface area contributed by atoms with Gasteiger partial charge >= 0.3 is 5.97 Å². The van der Waals surface area contributed by atoms with Gasteiger partial charge in [0.1, 0.15) is 0 Å². The molecule has 0 atom stereocenters. The fourth-order valence-electron chi connectivity index (χ4n) is 0.503. The van der Waals surface area contributed by atoms with Gasteiger partial charge in [0.2, 0.25) is 0 Å². The van der Waals surface area contributed by atoms with Crippen LogP contribution < -0.4 is 5.23 Å². The van der Waals surface area contributed by atoms with E-state index in [0.29, 0.717) is 13.0 Å². The molecule has 50 valence electrons. The molecule has 0 spiro atoms. The van der Waals surface area contributed by atoms with E-state index in [0.717, 1.165) is 6.42 Å². The molecule has 0 aliphatic heterocycles. The zero-order chi connectivity index (χ0) is 7.11. The van der Waals surface area contributed by atoms with Crippen LogP contribution in [-0.2, 0) is 4.79 Å². The highest BCUT2D eigenvalue weighted by Gasteiger charge is 1.93. The Kier molecular flexibility index (Phi) is 5.31. The highest BCUT2D eigenvalue weighted by molar-refractivity contribution is 6.04. The fraction of sp³-hybridized carbons (Fsp3) is 0.800. The molecular weight excluding hydrogens is 117 g/mol. The molecule has 0 bridgehead atoms. The number of rotatable bonds is 5. The van der Waals surface area contributed by atoms with Gasteiger partial charge < -0.3 is 10.3 Å². The molecule has 4 heteroatoms. The second-order valence-corrected chi connectivity index (χ2v) is 1.80. The number of carbonyl (C=O) groups is 1. The first kappa shape index (κ1) is 8.49. The first-order valence-corrected chi connectivity index (χ1v) is 2.92. The maximum Gasteiger partial charge on any atom is 0.303 e. The number of carboxylic acids is 1. The summed E-state index contributed by atoms with van der Waals surface area (Å²) in [7, 11) is 4.95. The Morgan fingerprint density at radius 2 is 2.22 bits per heavy atom. The van der Waals surface area contributed by atoms with E-state index in [1.54, 1.807) is 0 Å². The van der Waals surface area contributed by atoms with Crippen LogP contribution in [0.25, 0.3) is 0 Å². The van der Waals surface area contributed by atoms with E-state index in [-0.39, 0.29) is 6.42 Å². The third-order valence-corrected chi connectivity index (χ3v) is 0.962. The van der Waals surface area contributed by atoms with Gasteiger partial charge in [0.25, 0.3) is 0 Å². The van der Waals surface area contributed by atoms with Gasteiger partial charge in [-0.05, 0) is 19.4 Å². The van der Waals surface area contributed by atoms with Crippen molar-refractivity contribution in [3.63, 3.8) is 0 Å². The van der Waals surface area contributed by atoms with Crippen molar-refractivity contribution in [2.75, 3.05) is 6.54 Å². The highest BCUT2D eigenvalue weighted by Crippen LogP contribution is 1.92. The van der Waals surface area contributed by atoms with E-state index < -0.39 is 5.97 Å². The van der Waals surface area contributed by atoms with Crippen molar-refractivity contribution in [1.29, 1.82) is 0 Å². The predicted molar refractivity (Wildman–Crippen MR) is 35.2 cm³/mol. The molecule has 0 aromatic rings. The molecule has 0 saturated carbocycles. The average molecular weight is 127 g/mol. The van der Waals surface area contributed by atoms with Gasteiger partial charge in [-0.25, -0.2) is 0 Å². The number of unbranched alkanes of at least 4 members (excludes halogenated alkanes) is 1. The summed E-state index contributed by atoms with van der Waals surface area (Å²) in [6.45, 7) is 0.688. The summed E-state index contributed by atoms with van der Waals surface area (Å²) in [5, 5.41) is 10.6. The van der Waals surface area contributed by atoms with Gasteiger partial charge in [-0.3, -0.25) is 4.79 Å². The van der Waals surface area contributed by atoms with Crippen molar-refractivity contribution >= 4 is 14.0 Å². The number of hydrogen-bond donors (Lipinski definition) is 2. The number of carboxylic acid groups (broad SMARTS) is 1. The van der Waals surface area contributed by atoms with Crippen LogP contribution in [0.4, 0.5) is 0 Å². The highest BCUT2D eigenvalue weighted by atomic mass is 16.4. The van der Waals surface area contributed by atoms with Crippen molar-refractivity contribution in [2.24, 2.45) is 0 Å². The molecule has 0 saturated heterocycles. The van der Waals surface area contributed by atoms with Crippen LogP contribution in [0.1, 0.15) is 19.3 Å². The Hall–Kier alpha value is -0.505. The fourth-order valence-corrected chi connectivity index (χ4v) is 0.503. The van der Waals surface area contributed by atoms with Crippen molar-refractivity contribution in [2.45, 2.75) is 19.3 Å². The van der Waals surface area contributed by atoms with Gasteiger partial charge in [0.15, 0.2) is 7.98 Å². The van der Waals surface area contributed by atoms with Gasteiger partial charge in [0, 0.05) is 6.42 Å². The number of hydrogen-bond acceptors (Lipinski definition) is 2. The summed E-state index contributed by atoms with van der Waals surface area (Å²) in [4.78, 5) is 9.91. The Morgan fingerprint density at radius 3 is 2.67 bits per heavy atom. The van der Waals surface area contributed by atoms with E-state index in [9.17, 15) is 4.79 Å². The first-order chi connectivity index (χ1) is 4.27. The van der Waals surface area contributed by atoms with E-state index in [1.807, 2.05) is 0 Å². The normalized spacial score (nSPS) is 9.33. The van der Waals surface area contributed by atoms with Crippen molar-refractivity contribution in [3.8, 4) is 0 Å². The molecule has 0 aliphatic carbocycles. The van der Waals surface area contributed by atoms with Gasteiger partial charge in [-0.2, -0.15) is 0 Å². The molecule has 0 aliphatic rings. The van der Waals surface area contributed by atoms with E-state index in [2.05, 4.69) is 5.23 Å². The molecule has 3 nitrogen and oxygen atoms in total. The molecule has 0 heterocycles. The Bertz CT molecular complexity index is 87.0. The predicted octanol–water partition coefficient (Wildman–Crippen LogP) is -0.0856. The lowest BCUT2D eigenvalue weighted by Gasteiger charge is -1.94. The number of aliphatic carboxylic acids is 1. The largest absolute Gasteiger partial charge is 0.481 e. The summed E-state index contributed by atoms with van der Waals surface area (Å²) >= 11 is 0. The summed E-state index contributed by atoms with van der Waals surface area (Å²) in [5.74, 6) is -0.743. The van der Waals surface area contributed by atoms with Crippen LogP contribution >= 0.6 is 0 Å². The Labute approximate surface area is 55.9 Å². The lowest BCUT2D eigenvalue weighted by Crippen LogP contribution is -2.10. The van der Waals surface area contributed by atoms with E-state index in [4.69, 9.17) is 13.1 Å². The van der Waals surface area contributed by atoms with Crippen molar-refractivity contribution < 1.29 is 9.90 Å². The quantitative estimate of drug-likeness (QED) is 0.401. The smallest absolute Gasteiger partial charge is 0.303 e. The van der Waals surface area contributed by atoms with Crippen LogP contribution in [0.2, 0.25) is 0 Å². The number of nitrogens with one attached hydrogen (secondary N) is 1. The van der Waals surface area contributed by atoms with Crippen molar-refractivity contribution in [3.05, 3.63) is 0 Å². The molecule has 2 N–H and O–H groups in total. The van der Waals surface area contributed by atoms with E-state index >= 15 is 0 Å². The lowest BCUT2D eigenvalue weighted by molar-refractivity contribution is -0.137. The maximum atomic E-state index is 9.91. The van der Waals surface area contributed by atoms with Crippen LogP contribution in [0, 0.1) is 0 Å². The summed E-state index contributed by atoms with van der Waals surface area (Å²) in [6, 6.07) is 0. The molecule has 0 aromatic heterocycles. The van der Waals surface area contributed by atoms with Crippen LogP contribution in [0.5, 0.6) is 0 Å². The topological polar surface area (TPSA) is 49.3 Å². The summed E-state index contributed by atoms with van der Waals surface area (Å²) in [5.41, 5.74) is 0. The monoisotopic (exact) mass is 127 g/mol. The molecular formula is C5H10BNO2. The zero-order valence-corrected chi connectivity index (χ0v) is 5.26. The lowest BCUT2D eigenvalue weighted by atomic mass is 10.2. The van der Waals surface area contributed by atoms with Gasteiger partial charge in [0.05, 0.1) is 0 Å². The zero-order valence-electron chi connectivity index (χ0n) is 5.26. The third kappa shape index (κ3) is 7.49. The minimum Gasteiger partial charge on any atom is -0.481 e. The second kappa shape index (κ2) is 5.63. The van der Waals surface area contributed by atoms with Gasteiger partial charge in [-0.15, -0.1) is 0 Å². The third-order valence-electron chi connectivity index (χ3n) is 0.962. The van der Waals surface area contributed by atoms with E-state index in [1.165, 1.54) is 0 Å². The minimum absolute atomic E-state index is 0.238. The summed E-state index contributed by atoms with van der Waals surface area (Å²) in [6.07, 6.45) is 1.75. The Balaban J connectivity index is 2.83. The standard InChI is InChI=1S/C5H10BNO2/c6-7-4-2-1-3-5(8)9/h7H,1-4H2,(H,8,9). The molecule has 0 amide bonds. The van der Waals surface area contributed by atoms with Crippen LogP contribution in [0.15, 0.2) is 0 Å². The molecule has 0 rings (SSSR count). The van der Waals surface area contributed by atoms with Crippen LogP contribution in [-0.4, -0.2) is 25.6 Å². The Morgan fingerprint density at radius 1 is 1.56 bits per heavy atom. The summed E-state index contributed by atoms with van der Waals surface area (Å²) < 4.78 is 0. The second-order valence-electron chi connectivity index (χ2n) is 1.80. The average Bonchev–Trinajstić information content (AvgIpc) is 1.80. The molecule has 0 fully saturated rings. The van der Waals surface area contributed by atoms with Crippen LogP contribution in [0.3, 0.4) is 0 Å². The molecule has 9 heavy (non-hydrogen) atoms. The maximum absolute atomic E-state index is 9.91.